The van der Waals surface area contributed by atoms with Crippen LogP contribution in [0, 0.1) is 0 Å². The van der Waals surface area contributed by atoms with Gasteiger partial charge in [-0.15, -0.1) is 0 Å². The van der Waals surface area contributed by atoms with Gasteiger partial charge in [-0.1, -0.05) is 29.8 Å². The molecule has 0 fully saturated rings. The molecule has 2 aromatic carbocycles. The van der Waals surface area contributed by atoms with Gasteiger partial charge in [0.2, 0.25) is 0 Å². The third-order valence-corrected chi connectivity index (χ3v) is 5.62. The van der Waals surface area contributed by atoms with Crippen LogP contribution in [0.5, 0.6) is 0 Å². The first kappa shape index (κ1) is 18.3. The lowest BCUT2D eigenvalue weighted by Gasteiger charge is -2.30. The fraction of sp³-hybridized carbons (Fsp3) is 0.409. The number of benzene rings is 2. The molecule has 0 spiro atoms. The summed E-state index contributed by atoms with van der Waals surface area (Å²) in [5, 5.41) is 4.16. The quantitative estimate of drug-likeness (QED) is 0.863. The molecule has 142 valence electrons. The van der Waals surface area contributed by atoms with E-state index in [1.54, 1.807) is 0 Å². The van der Waals surface area contributed by atoms with Gasteiger partial charge in [0.15, 0.2) is 0 Å². The Morgan fingerprint density at radius 2 is 1.89 bits per heavy atom. The van der Waals surface area contributed by atoms with Gasteiger partial charge in [-0.05, 0) is 79.2 Å². The molecule has 0 saturated heterocycles. The average Bonchev–Trinajstić information content (AvgIpc) is 2.90. The molecule has 0 radical (unpaired) electrons. The van der Waals surface area contributed by atoms with Crippen LogP contribution in [0.25, 0.3) is 0 Å². The van der Waals surface area contributed by atoms with Crippen molar-refractivity contribution in [1.82, 2.24) is 5.32 Å². The van der Waals surface area contributed by atoms with Gasteiger partial charge >= 0.3 is 6.09 Å². The largest absolute Gasteiger partial charge is 0.449 e. The van der Waals surface area contributed by atoms with Gasteiger partial charge in [-0.2, -0.15) is 0 Å². The summed E-state index contributed by atoms with van der Waals surface area (Å²) < 4.78 is 5.58. The van der Waals surface area contributed by atoms with Crippen molar-refractivity contribution in [2.45, 2.75) is 32.1 Å². The summed E-state index contributed by atoms with van der Waals surface area (Å²) in [6, 6.07) is 12.2. The zero-order valence-corrected chi connectivity index (χ0v) is 16.2. The van der Waals surface area contributed by atoms with E-state index < -0.39 is 0 Å². The first-order chi connectivity index (χ1) is 13.2. The molecule has 2 heterocycles. The summed E-state index contributed by atoms with van der Waals surface area (Å²) in [5.41, 5.74) is 6.17. The molecule has 5 heteroatoms. The van der Waals surface area contributed by atoms with Gasteiger partial charge in [-0.3, -0.25) is 4.90 Å². The molecule has 0 atom stereocenters. The lowest BCUT2D eigenvalue weighted by Crippen LogP contribution is -2.36. The highest BCUT2D eigenvalue weighted by Crippen LogP contribution is 2.32. The van der Waals surface area contributed by atoms with E-state index >= 15 is 0 Å². The molecule has 4 nitrogen and oxygen atoms in total. The third kappa shape index (κ3) is 4.28. The number of hydrogen-bond acceptors (Lipinski definition) is 3. The monoisotopic (exact) mass is 384 g/mol. The Morgan fingerprint density at radius 3 is 2.70 bits per heavy atom. The van der Waals surface area contributed by atoms with Crippen molar-refractivity contribution in [3.8, 4) is 0 Å². The molecule has 1 N–H and O–H groups in total. The highest BCUT2D eigenvalue weighted by molar-refractivity contribution is 6.30. The number of carbonyl (C=O) groups is 1. The van der Waals surface area contributed by atoms with Crippen molar-refractivity contribution in [3.63, 3.8) is 0 Å². The topological polar surface area (TPSA) is 41.6 Å². The Hall–Kier alpha value is -2.04. The maximum absolute atomic E-state index is 12.7. The summed E-state index contributed by atoms with van der Waals surface area (Å²) in [4.78, 5) is 14.5. The van der Waals surface area contributed by atoms with Gasteiger partial charge in [-0.25, -0.2) is 4.79 Å². The standard InChI is InChI=1S/C22H25ClN2O2/c23-20-5-1-3-16(13-20)8-12-27-22(26)25-11-2-4-19-14-17-6-9-24-10-7-18(17)15-21(19)25/h1,3,5,13-15,24H,2,4,6-12H2. The van der Waals surface area contributed by atoms with Crippen molar-refractivity contribution in [2.75, 3.05) is 31.1 Å². The highest BCUT2D eigenvalue weighted by atomic mass is 35.5. The van der Waals surface area contributed by atoms with E-state index in [4.69, 9.17) is 16.3 Å². The fourth-order valence-electron chi connectivity index (χ4n) is 3.98. The summed E-state index contributed by atoms with van der Waals surface area (Å²) in [7, 11) is 0. The Kier molecular flexibility index (Phi) is 5.65. The molecule has 0 unspecified atom stereocenters. The number of hydrogen-bond donors (Lipinski definition) is 1. The average molecular weight is 385 g/mol. The van der Waals surface area contributed by atoms with Crippen LogP contribution in [0.15, 0.2) is 36.4 Å². The Bertz CT molecular complexity index is 837. The molecule has 2 aliphatic rings. The number of nitrogens with zero attached hydrogens (tertiary/aromatic N) is 1. The molecular formula is C22H25ClN2O2. The number of amides is 1. The summed E-state index contributed by atoms with van der Waals surface area (Å²) in [5.74, 6) is 0. The van der Waals surface area contributed by atoms with Crippen LogP contribution in [0.4, 0.5) is 10.5 Å². The maximum Gasteiger partial charge on any atom is 0.414 e. The number of carbonyl (C=O) groups excluding carboxylic acids is 1. The molecule has 0 bridgehead atoms. The van der Waals surface area contributed by atoms with E-state index in [1.807, 2.05) is 29.2 Å². The summed E-state index contributed by atoms with van der Waals surface area (Å²) in [6.07, 6.45) is 4.51. The van der Waals surface area contributed by atoms with Crippen LogP contribution in [0.2, 0.25) is 5.02 Å². The molecule has 1 amide bonds. The summed E-state index contributed by atoms with van der Waals surface area (Å²) in [6.45, 7) is 3.11. The molecule has 2 aromatic rings. The predicted molar refractivity (Wildman–Crippen MR) is 109 cm³/mol. The lowest BCUT2D eigenvalue weighted by molar-refractivity contribution is 0.154. The fourth-order valence-corrected chi connectivity index (χ4v) is 4.19. The van der Waals surface area contributed by atoms with E-state index in [0.717, 1.165) is 56.6 Å². The second-order valence-corrected chi connectivity index (χ2v) is 7.69. The van der Waals surface area contributed by atoms with Crippen molar-refractivity contribution in [3.05, 3.63) is 63.7 Å². The maximum atomic E-state index is 12.7. The smallest absolute Gasteiger partial charge is 0.414 e. The van der Waals surface area contributed by atoms with Crippen molar-refractivity contribution >= 4 is 23.4 Å². The Labute approximate surface area is 165 Å². The van der Waals surface area contributed by atoms with Crippen LogP contribution in [0.1, 0.15) is 28.7 Å². The van der Waals surface area contributed by atoms with E-state index in [9.17, 15) is 4.79 Å². The minimum Gasteiger partial charge on any atom is -0.449 e. The number of halogens is 1. The van der Waals surface area contributed by atoms with E-state index in [0.29, 0.717) is 18.1 Å². The molecule has 27 heavy (non-hydrogen) atoms. The van der Waals surface area contributed by atoms with Crippen molar-refractivity contribution in [2.24, 2.45) is 0 Å². The molecule has 4 rings (SSSR count). The van der Waals surface area contributed by atoms with Crippen molar-refractivity contribution in [1.29, 1.82) is 0 Å². The van der Waals surface area contributed by atoms with Gasteiger partial charge in [0.1, 0.15) is 0 Å². The third-order valence-electron chi connectivity index (χ3n) is 5.39. The SMILES string of the molecule is O=C(OCCc1cccc(Cl)c1)N1CCCc2cc3c(cc21)CCNCC3. The second-order valence-electron chi connectivity index (χ2n) is 7.25. The molecular weight excluding hydrogens is 360 g/mol. The van der Waals surface area contributed by atoms with Gasteiger partial charge < -0.3 is 10.1 Å². The first-order valence-corrected chi connectivity index (χ1v) is 10.1. The van der Waals surface area contributed by atoms with E-state index in [2.05, 4.69) is 17.4 Å². The van der Waals surface area contributed by atoms with Gasteiger partial charge in [0.25, 0.3) is 0 Å². The van der Waals surface area contributed by atoms with Crippen LogP contribution in [-0.2, 0) is 30.4 Å². The zero-order valence-electron chi connectivity index (χ0n) is 15.5. The number of nitrogens with one attached hydrogen (secondary N) is 1. The van der Waals surface area contributed by atoms with Gasteiger partial charge in [0, 0.05) is 18.0 Å². The van der Waals surface area contributed by atoms with Crippen molar-refractivity contribution < 1.29 is 9.53 Å². The Balaban J connectivity index is 1.45. The molecule has 0 aliphatic carbocycles. The molecule has 0 saturated carbocycles. The number of ether oxygens (including phenoxy) is 1. The minimum absolute atomic E-state index is 0.246. The van der Waals surface area contributed by atoms with E-state index in [-0.39, 0.29) is 6.09 Å². The van der Waals surface area contributed by atoms with Gasteiger partial charge in [0.05, 0.1) is 12.3 Å². The normalized spacial score (nSPS) is 16.3. The predicted octanol–water partition coefficient (Wildman–Crippen LogP) is 4.16. The molecule has 2 aliphatic heterocycles. The lowest BCUT2D eigenvalue weighted by atomic mass is 9.93. The van der Waals surface area contributed by atoms with Crippen LogP contribution in [0.3, 0.4) is 0 Å². The number of anilines is 1. The Morgan fingerprint density at radius 1 is 1.07 bits per heavy atom. The molecule has 0 aromatic heterocycles. The highest BCUT2D eigenvalue weighted by Gasteiger charge is 2.25. The number of aryl methyl sites for hydroxylation is 1. The van der Waals surface area contributed by atoms with Crippen LogP contribution >= 0.6 is 11.6 Å². The second kappa shape index (κ2) is 8.32. The minimum atomic E-state index is -0.246. The first-order valence-electron chi connectivity index (χ1n) is 9.75. The number of fused-ring (bicyclic) bond motifs is 2. The number of rotatable bonds is 3. The zero-order chi connectivity index (χ0) is 18.6. The van der Waals surface area contributed by atoms with E-state index in [1.165, 1.54) is 16.7 Å². The van der Waals surface area contributed by atoms with Crippen LogP contribution < -0.4 is 10.2 Å². The summed E-state index contributed by atoms with van der Waals surface area (Å²) >= 11 is 6.01. The van der Waals surface area contributed by atoms with Crippen LogP contribution in [-0.4, -0.2) is 32.3 Å².